The Labute approximate surface area is 338 Å². The van der Waals surface area contributed by atoms with Gasteiger partial charge in [-0.05, 0) is 0 Å². The molecule has 5 aliphatic rings. The van der Waals surface area contributed by atoms with Gasteiger partial charge in [0.1, 0.15) is 0 Å². The summed E-state index contributed by atoms with van der Waals surface area (Å²) in [6, 6.07) is 46.9. The molecular formula is C51H48Cl2Zr. The van der Waals surface area contributed by atoms with Crippen LogP contribution in [0.15, 0.2) is 132 Å². The van der Waals surface area contributed by atoms with Gasteiger partial charge in [0.15, 0.2) is 0 Å². The second kappa shape index (κ2) is 14.7. The molecule has 270 valence electrons. The molecule has 2 atom stereocenters. The summed E-state index contributed by atoms with van der Waals surface area (Å²) < 4.78 is 4.46. The first-order valence-corrected chi connectivity index (χ1v) is 26.7. The number of fused-ring (bicyclic) bond motifs is 4. The summed E-state index contributed by atoms with van der Waals surface area (Å²) in [4.78, 5) is 0. The van der Waals surface area contributed by atoms with Crippen LogP contribution in [0.1, 0.15) is 87.3 Å². The molecule has 3 heteroatoms. The number of benzene rings is 6. The van der Waals surface area contributed by atoms with Gasteiger partial charge in [0.05, 0.1) is 0 Å². The molecule has 0 spiro atoms. The minimum absolute atomic E-state index is 0. The Morgan fingerprint density at radius 2 is 0.778 bits per heavy atom. The summed E-state index contributed by atoms with van der Waals surface area (Å²) in [5, 5.41) is 5.46. The molecule has 2 saturated carbocycles. The van der Waals surface area contributed by atoms with E-state index >= 15 is 0 Å². The van der Waals surface area contributed by atoms with Crippen LogP contribution in [0.4, 0.5) is 0 Å². The van der Waals surface area contributed by atoms with E-state index < -0.39 is 20.3 Å². The van der Waals surface area contributed by atoms with E-state index in [0.717, 1.165) is 11.8 Å². The minimum Gasteiger partial charge on any atom is -1.00 e. The van der Waals surface area contributed by atoms with Crippen molar-refractivity contribution in [3.63, 3.8) is 0 Å². The average molecular weight is 823 g/mol. The Balaban J connectivity index is 0.00000192. The zero-order chi connectivity index (χ0) is 34.2. The van der Waals surface area contributed by atoms with Gasteiger partial charge >= 0.3 is 316 Å². The molecule has 3 fully saturated rings. The first-order valence-electron chi connectivity index (χ1n) is 20.4. The second-order valence-electron chi connectivity index (χ2n) is 16.9. The first kappa shape index (κ1) is 36.4. The van der Waals surface area contributed by atoms with Gasteiger partial charge in [-0.2, -0.15) is 0 Å². The van der Waals surface area contributed by atoms with Gasteiger partial charge in [0, 0.05) is 0 Å². The van der Waals surface area contributed by atoms with Crippen molar-refractivity contribution in [2.24, 2.45) is 11.8 Å². The SMILES string of the molecule is C1=C(C2CCCC2)[CH]([Zr+2]2([CH]3C(C4CCCC4)=Cc4c(-c5cccc6ccccc56)cccc43)[CH2]C[CH2]2)c2cccc(-c3cccc4ccccc34)c21.[Cl-].[Cl-]. The van der Waals surface area contributed by atoms with Crippen molar-refractivity contribution in [1.29, 1.82) is 0 Å². The molecule has 1 aliphatic heterocycles. The first-order chi connectivity index (χ1) is 25.8. The van der Waals surface area contributed by atoms with Gasteiger partial charge < -0.3 is 24.8 Å². The number of rotatable bonds is 6. The molecule has 2 unspecified atom stereocenters. The quantitative estimate of drug-likeness (QED) is 0.158. The van der Waals surface area contributed by atoms with Crippen molar-refractivity contribution >= 4 is 33.7 Å². The molecule has 0 nitrogen and oxygen atoms in total. The molecule has 1 heterocycles. The molecular weight excluding hydrogens is 775 g/mol. The van der Waals surface area contributed by atoms with Gasteiger partial charge in [-0.1, -0.05) is 0 Å². The third-order valence-corrected chi connectivity index (χ3v) is 29.6. The van der Waals surface area contributed by atoms with Crippen LogP contribution >= 0.6 is 0 Å². The maximum Gasteiger partial charge on any atom is -1.00 e. The standard InChI is InChI=1S/2C24H21.C3H6.2ClH.Zr/c2*1-2-8-17(7-1)20-15-19-11-6-14-23(24(19)16-20)22-13-5-10-18-9-3-4-12-21(18)22;1-3-2;;;/h2*3-6,9-17H,1-2,7-8H2;1-3H2;2*1H;/q;;;;;+2/p-2. The number of allylic oxidation sites excluding steroid dienone is 2. The van der Waals surface area contributed by atoms with E-state index in [9.17, 15) is 0 Å². The number of hydrogen-bond donors (Lipinski definition) is 0. The molecule has 6 aromatic rings. The fourth-order valence-corrected chi connectivity index (χ4v) is 27.7. The molecule has 0 N–H and O–H groups in total. The van der Waals surface area contributed by atoms with Crippen LogP contribution < -0.4 is 24.8 Å². The van der Waals surface area contributed by atoms with E-state index in [-0.39, 0.29) is 24.8 Å². The van der Waals surface area contributed by atoms with Crippen LogP contribution in [0.5, 0.6) is 0 Å². The molecule has 1 saturated heterocycles. The van der Waals surface area contributed by atoms with Crippen molar-refractivity contribution in [3.05, 3.63) is 155 Å². The van der Waals surface area contributed by atoms with Crippen molar-refractivity contribution in [2.75, 3.05) is 0 Å². The molecule has 0 bridgehead atoms. The number of hydrogen-bond acceptors (Lipinski definition) is 0. The summed E-state index contributed by atoms with van der Waals surface area (Å²) in [7, 11) is 0. The summed E-state index contributed by atoms with van der Waals surface area (Å²) in [6.07, 6.45) is 18.2. The van der Waals surface area contributed by atoms with Crippen molar-refractivity contribution in [2.45, 2.75) is 73.3 Å². The average Bonchev–Trinajstić information content (AvgIpc) is 4.01. The zero-order valence-electron chi connectivity index (χ0n) is 31.0. The Kier molecular flexibility index (Phi) is 9.91. The fraction of sp³-hybridized carbons (Fsp3) is 0.294. The maximum atomic E-state index is 2.80. The molecule has 11 rings (SSSR count). The summed E-state index contributed by atoms with van der Waals surface area (Å²) >= 11 is -3.03. The Bertz CT molecular complexity index is 2260. The molecule has 4 aliphatic carbocycles. The molecule has 54 heavy (non-hydrogen) atoms. The Morgan fingerprint density at radius 1 is 0.389 bits per heavy atom. The zero-order valence-corrected chi connectivity index (χ0v) is 35.0. The predicted molar refractivity (Wildman–Crippen MR) is 218 cm³/mol. The topological polar surface area (TPSA) is 0 Å². The van der Waals surface area contributed by atoms with Crippen molar-refractivity contribution in [1.82, 2.24) is 0 Å². The molecule has 6 aromatic carbocycles. The van der Waals surface area contributed by atoms with Crippen LogP contribution in [-0.4, -0.2) is 0 Å². The van der Waals surface area contributed by atoms with E-state index in [0.29, 0.717) is 7.25 Å². The normalized spacial score (nSPS) is 21.0. The smallest absolute Gasteiger partial charge is 1.00 e. The van der Waals surface area contributed by atoms with Gasteiger partial charge in [-0.15, -0.1) is 0 Å². The van der Waals surface area contributed by atoms with Gasteiger partial charge in [-0.25, -0.2) is 0 Å². The van der Waals surface area contributed by atoms with E-state index in [4.69, 9.17) is 0 Å². The van der Waals surface area contributed by atoms with Crippen LogP contribution in [0.2, 0.25) is 8.26 Å². The predicted octanol–water partition coefficient (Wildman–Crippen LogP) is 8.69. The molecule has 0 aromatic heterocycles. The largest absolute Gasteiger partial charge is 1.00 e. The Hall–Kier alpha value is -3.22. The monoisotopic (exact) mass is 820 g/mol. The fourth-order valence-electron chi connectivity index (χ4n) is 12.1. The summed E-state index contributed by atoms with van der Waals surface area (Å²) in [5.41, 5.74) is 16.1. The second-order valence-corrected chi connectivity index (χ2v) is 28.2. The van der Waals surface area contributed by atoms with Gasteiger partial charge in [0.25, 0.3) is 0 Å². The van der Waals surface area contributed by atoms with E-state index in [1.165, 1.54) is 110 Å². The van der Waals surface area contributed by atoms with Crippen molar-refractivity contribution in [3.8, 4) is 22.3 Å². The third kappa shape index (κ3) is 5.62. The van der Waals surface area contributed by atoms with Crippen LogP contribution in [-0.2, 0) is 20.3 Å². The summed E-state index contributed by atoms with van der Waals surface area (Å²) in [6.45, 7) is 0. The van der Waals surface area contributed by atoms with Crippen LogP contribution in [0, 0.1) is 11.8 Å². The van der Waals surface area contributed by atoms with Crippen molar-refractivity contribution < 1.29 is 45.1 Å². The Morgan fingerprint density at radius 3 is 1.20 bits per heavy atom. The molecule has 0 amide bonds. The third-order valence-electron chi connectivity index (χ3n) is 14.4. The van der Waals surface area contributed by atoms with Gasteiger partial charge in [0.2, 0.25) is 0 Å². The van der Waals surface area contributed by atoms with Gasteiger partial charge in [-0.3, -0.25) is 0 Å². The molecule has 0 radical (unpaired) electrons. The maximum absolute atomic E-state index is 3.03. The van der Waals surface area contributed by atoms with Crippen LogP contribution in [0.3, 0.4) is 0 Å². The van der Waals surface area contributed by atoms with E-state index in [2.05, 4.69) is 133 Å². The number of halogens is 2. The van der Waals surface area contributed by atoms with E-state index in [1.807, 2.05) is 11.1 Å². The minimum atomic E-state index is -3.03. The van der Waals surface area contributed by atoms with E-state index in [1.54, 1.807) is 22.3 Å². The summed E-state index contributed by atoms with van der Waals surface area (Å²) in [5.74, 6) is 1.52. The van der Waals surface area contributed by atoms with Crippen LogP contribution in [0.25, 0.3) is 56.0 Å².